The minimum atomic E-state index is -0.666. The van der Waals surface area contributed by atoms with Crippen LogP contribution in [0.5, 0.6) is 0 Å². The Hall–Kier alpha value is -2.30. The number of ether oxygens (including phenoxy) is 8. The predicted octanol–water partition coefficient (Wildman–Crippen LogP) is 8.34. The van der Waals surface area contributed by atoms with Gasteiger partial charge in [-0.1, -0.05) is 43.7 Å². The van der Waals surface area contributed by atoms with Gasteiger partial charge < -0.3 is 42.8 Å². The van der Waals surface area contributed by atoms with Crippen molar-refractivity contribution in [3.05, 3.63) is 51.5 Å². The Bertz CT molecular complexity index is 1910. The smallest absolute Gasteiger partial charge is 0.306 e. The highest BCUT2D eigenvalue weighted by atomic mass is 35.5. The first kappa shape index (κ1) is 46.2. The number of hydrogen-bond donors (Lipinski definition) is 0. The maximum atomic E-state index is 15.2. The zero-order chi connectivity index (χ0) is 44.0. The first-order chi connectivity index (χ1) is 29.8. The summed E-state index contributed by atoms with van der Waals surface area (Å²) in [7, 11) is 9.14. The maximum Gasteiger partial charge on any atom is 0.306 e. The Balaban J connectivity index is 1.14. The second kappa shape index (κ2) is 19.7. The van der Waals surface area contributed by atoms with E-state index in [1.54, 1.807) is 32.7 Å². The third-order valence-electron chi connectivity index (χ3n) is 15.0. The van der Waals surface area contributed by atoms with E-state index in [1.807, 2.05) is 38.1 Å². The van der Waals surface area contributed by atoms with Crippen LogP contribution < -0.4 is 0 Å². The van der Waals surface area contributed by atoms with Gasteiger partial charge >= 0.3 is 5.97 Å². The summed E-state index contributed by atoms with van der Waals surface area (Å²) in [6.07, 6.45) is 5.16. The van der Waals surface area contributed by atoms with Gasteiger partial charge in [0, 0.05) is 66.5 Å². The van der Waals surface area contributed by atoms with Crippen LogP contribution in [0.1, 0.15) is 108 Å². The molecule has 6 aliphatic rings. The summed E-state index contributed by atoms with van der Waals surface area (Å²) in [5.41, 5.74) is 2.66. The number of halogens is 1. The molecule has 342 valence electrons. The van der Waals surface area contributed by atoms with Gasteiger partial charge in [-0.25, -0.2) is 4.98 Å². The van der Waals surface area contributed by atoms with Gasteiger partial charge in [-0.2, -0.15) is 0 Å². The molecular weight excluding hydrogens is 832 g/mol. The number of fused-ring (bicyclic) bond motifs is 8. The van der Waals surface area contributed by atoms with Gasteiger partial charge in [0.2, 0.25) is 0 Å². The van der Waals surface area contributed by atoms with Crippen molar-refractivity contribution in [3.8, 4) is 10.6 Å². The third kappa shape index (κ3) is 9.11. The molecule has 1 aromatic carbocycles. The molecule has 1 saturated carbocycles. The number of benzene rings is 1. The van der Waals surface area contributed by atoms with Crippen LogP contribution >= 0.6 is 22.9 Å². The quantitative estimate of drug-likeness (QED) is 0.213. The summed E-state index contributed by atoms with van der Waals surface area (Å²) in [5.74, 6) is -1.05. The van der Waals surface area contributed by atoms with Crippen molar-refractivity contribution in [1.29, 1.82) is 0 Å². The third-order valence-corrected chi connectivity index (χ3v) is 16.5. The lowest BCUT2D eigenvalue weighted by Crippen LogP contribution is -2.59. The Kier molecular flexibility index (Phi) is 14.7. The fraction of sp³-hybridized carbons (Fsp3) is 0.729. The topological polar surface area (TPSA) is 124 Å². The number of methoxy groups -OCH3 is 3. The molecule has 0 bridgehead atoms. The van der Waals surface area contributed by atoms with Crippen molar-refractivity contribution in [2.75, 3.05) is 35.4 Å². The number of likely N-dealkylation sites (N-methyl/N-ethyl adjacent to an activating group) is 1. The lowest BCUT2D eigenvalue weighted by atomic mass is 9.67. The predicted molar refractivity (Wildman–Crippen MR) is 236 cm³/mol. The van der Waals surface area contributed by atoms with E-state index in [-0.39, 0.29) is 84.6 Å². The fourth-order valence-electron chi connectivity index (χ4n) is 11.8. The zero-order valence-corrected chi connectivity index (χ0v) is 39.4. The van der Waals surface area contributed by atoms with Crippen molar-refractivity contribution >= 4 is 34.7 Å². The lowest BCUT2D eigenvalue weighted by molar-refractivity contribution is -0.314. The van der Waals surface area contributed by atoms with Crippen molar-refractivity contribution in [3.63, 3.8) is 0 Å². The molecule has 3 aliphatic heterocycles. The molecule has 0 N–H and O–H groups in total. The number of aromatic nitrogens is 1. The number of rotatable bonds is 10. The maximum absolute atomic E-state index is 15.2. The molecule has 0 radical (unpaired) electrons. The number of hydrogen-bond acceptors (Lipinski definition) is 13. The van der Waals surface area contributed by atoms with E-state index in [9.17, 15) is 4.79 Å². The van der Waals surface area contributed by atoms with Gasteiger partial charge in [0.15, 0.2) is 18.4 Å². The van der Waals surface area contributed by atoms with Crippen molar-refractivity contribution in [2.45, 2.75) is 165 Å². The summed E-state index contributed by atoms with van der Waals surface area (Å²) in [4.78, 5) is 38.1. The lowest BCUT2D eigenvalue weighted by Gasteiger charge is -2.44. The van der Waals surface area contributed by atoms with E-state index in [1.165, 1.54) is 4.88 Å². The zero-order valence-electron chi connectivity index (χ0n) is 37.8. The monoisotopic (exact) mass is 898 g/mol. The number of carbonyl (C=O) groups excluding carboxylic acids is 2. The highest BCUT2D eigenvalue weighted by Crippen LogP contribution is 2.63. The Morgan fingerprint density at radius 1 is 0.871 bits per heavy atom. The standard InChI is InChI=1S/C48H67ClN2O10S/c1-10-29-12-11-13-37(61-39-19-18-36(51(5)6)25(3)57-39)24(2)42(53)34-22-32-31-20-30(60-48-45(56-9)44(55-8)43(54-7)26(4)58-48)21-35(31)46-41(40(32)33(34)23-38(52)59-29)50-47(62-46)27-14-16-28(49)17-15-27/h14-17,22,24-26,29-33,35-37,39-40,43-45,48H,10-13,18-21,23H2,1-9H3/t24-,25-,26+,29+,30+,31+,32+,33-,35-,36+,37+,39+,40-,43+,44-,45-,48+/m1/s1. The van der Waals surface area contributed by atoms with Gasteiger partial charge in [0.05, 0.1) is 36.5 Å². The van der Waals surface area contributed by atoms with E-state index in [0.29, 0.717) is 29.5 Å². The van der Waals surface area contributed by atoms with Crippen LogP contribution in [0.25, 0.3) is 10.6 Å². The van der Waals surface area contributed by atoms with Crippen LogP contribution in [0.15, 0.2) is 35.9 Å². The van der Waals surface area contributed by atoms with Gasteiger partial charge in [-0.05, 0) is 109 Å². The summed E-state index contributed by atoms with van der Waals surface area (Å²) in [6, 6.07) is 8.10. The Morgan fingerprint density at radius 2 is 1.61 bits per heavy atom. The summed E-state index contributed by atoms with van der Waals surface area (Å²) < 4.78 is 50.6. The molecule has 0 spiro atoms. The molecule has 4 fully saturated rings. The average Bonchev–Trinajstić information content (AvgIpc) is 3.97. The molecule has 1 aromatic heterocycles. The van der Waals surface area contributed by atoms with Gasteiger partial charge in [0.1, 0.15) is 29.4 Å². The SMILES string of the molecule is CC[C@H]1CCC[C@H](O[C@H]2CC[C@H](N(C)C)[C@@H](C)O2)[C@@H](C)C(=O)C2=C[C@H]3[C@@H]4C[C@H](O[C@@H]5O[C@@H](C)[C@H](OC)[C@@H](OC)[C@H]5OC)C[C@H]4c4sc(-c5ccc(Cl)cc5)nc4[C@H]3[C@@H]2CC(=O)O1. The second-order valence-electron chi connectivity index (χ2n) is 18.8. The number of Topliss-reactive ketones (excluding diaryl/α,β-unsaturated/α-hetero) is 1. The van der Waals surface area contributed by atoms with Crippen molar-refractivity contribution < 1.29 is 47.5 Å². The molecule has 17 atom stereocenters. The molecule has 14 heteroatoms. The molecule has 12 nitrogen and oxygen atoms in total. The van der Waals surface area contributed by atoms with Crippen LogP contribution in [0.3, 0.4) is 0 Å². The first-order valence-corrected chi connectivity index (χ1v) is 24.1. The van der Waals surface area contributed by atoms with Crippen LogP contribution in [0.2, 0.25) is 5.02 Å². The van der Waals surface area contributed by atoms with Crippen LogP contribution in [-0.4, -0.2) is 125 Å². The number of ketones is 1. The van der Waals surface area contributed by atoms with Gasteiger partial charge in [-0.3, -0.25) is 9.59 Å². The van der Waals surface area contributed by atoms with Crippen LogP contribution in [0.4, 0.5) is 0 Å². The molecule has 3 saturated heterocycles. The molecule has 0 unspecified atom stereocenters. The van der Waals surface area contributed by atoms with Crippen molar-refractivity contribution in [2.24, 2.45) is 23.7 Å². The molecule has 4 heterocycles. The molecular formula is C48H67ClN2O10S. The van der Waals surface area contributed by atoms with E-state index >= 15 is 4.79 Å². The largest absolute Gasteiger partial charge is 0.462 e. The Morgan fingerprint density at radius 3 is 2.29 bits per heavy atom. The average molecular weight is 900 g/mol. The summed E-state index contributed by atoms with van der Waals surface area (Å²) in [6.45, 7) is 8.16. The highest BCUT2D eigenvalue weighted by Gasteiger charge is 2.57. The number of esters is 1. The number of cyclic esters (lactones) is 1. The minimum absolute atomic E-state index is 0.00399. The normalized spacial score (nSPS) is 40.1. The number of nitrogens with zero attached hydrogens (tertiary/aromatic N) is 2. The number of allylic oxidation sites excluding steroid dienone is 2. The summed E-state index contributed by atoms with van der Waals surface area (Å²) in [5, 5.41) is 1.56. The second-order valence-corrected chi connectivity index (χ2v) is 20.2. The van der Waals surface area contributed by atoms with E-state index in [0.717, 1.165) is 54.8 Å². The van der Waals surface area contributed by atoms with Crippen LogP contribution in [0, 0.1) is 23.7 Å². The molecule has 2 aromatic rings. The fourth-order valence-corrected chi connectivity index (χ4v) is 13.2. The van der Waals surface area contributed by atoms with E-state index in [2.05, 4.69) is 38.9 Å². The molecule has 62 heavy (non-hydrogen) atoms. The number of thiazole rings is 1. The molecule has 0 amide bonds. The van der Waals surface area contributed by atoms with Gasteiger partial charge in [0.25, 0.3) is 0 Å². The van der Waals surface area contributed by atoms with E-state index in [4.69, 9.17) is 54.5 Å². The first-order valence-electron chi connectivity index (χ1n) is 22.9. The highest BCUT2D eigenvalue weighted by molar-refractivity contribution is 7.15. The van der Waals surface area contributed by atoms with Gasteiger partial charge in [-0.15, -0.1) is 11.3 Å². The number of carbonyl (C=O) groups is 2. The molecule has 3 aliphatic carbocycles. The minimum Gasteiger partial charge on any atom is -0.462 e. The summed E-state index contributed by atoms with van der Waals surface area (Å²) >= 11 is 8.05. The molecule has 8 rings (SSSR count). The van der Waals surface area contributed by atoms with E-state index < -0.39 is 30.5 Å². The Labute approximate surface area is 376 Å². The van der Waals surface area contributed by atoms with Crippen molar-refractivity contribution in [1.82, 2.24) is 9.88 Å². The van der Waals surface area contributed by atoms with Crippen LogP contribution in [-0.2, 0) is 47.5 Å².